The lowest BCUT2D eigenvalue weighted by atomic mass is 9.59. The minimum absolute atomic E-state index is 0.00914. The molecule has 5 aliphatic rings. The first-order valence-electron chi connectivity index (χ1n) is 23.6. The maximum absolute atomic E-state index is 14.2. The number of aromatic nitrogens is 2. The van der Waals surface area contributed by atoms with E-state index in [-0.39, 0.29) is 57.6 Å². The highest BCUT2D eigenvalue weighted by Crippen LogP contribution is 2.54. The molecule has 4 N–H and O–H groups in total. The number of pyridine rings is 1. The molecule has 2 atom stereocenters. The molecular weight excluding hydrogens is 894 g/mol. The number of amides is 1. The summed E-state index contributed by atoms with van der Waals surface area (Å²) in [6.07, 6.45) is 11.2. The minimum atomic E-state index is -4.69. The number of piperidine rings is 1. The third-order valence-corrected chi connectivity index (χ3v) is 16.9. The average molecular weight is 953 g/mol. The number of rotatable bonds is 11. The van der Waals surface area contributed by atoms with E-state index in [1.807, 2.05) is 6.07 Å². The Morgan fingerprint density at radius 3 is 2.52 bits per heavy atom. The number of carbonyl (C=O) groups excluding carboxylic acids is 1. The third-order valence-electron chi connectivity index (χ3n) is 15.4. The van der Waals surface area contributed by atoms with E-state index in [1.54, 1.807) is 31.3 Å². The number of benzene rings is 3. The summed E-state index contributed by atoms with van der Waals surface area (Å²) in [6.45, 7) is 9.27. The van der Waals surface area contributed by atoms with Crippen LogP contribution in [0.1, 0.15) is 118 Å². The molecule has 0 radical (unpaired) electrons. The first-order chi connectivity index (χ1) is 32.1. The van der Waals surface area contributed by atoms with Gasteiger partial charge in [-0.3, -0.25) is 19.8 Å². The van der Waals surface area contributed by atoms with Gasteiger partial charge in [0.1, 0.15) is 18.0 Å². The van der Waals surface area contributed by atoms with Gasteiger partial charge >= 0.3 is 0 Å². The minimum Gasteiger partial charge on any atom is -0.489 e. The molecule has 0 unspecified atom stereocenters. The Balaban J connectivity index is 0.866. The van der Waals surface area contributed by atoms with Crippen molar-refractivity contribution in [3.05, 3.63) is 105 Å². The van der Waals surface area contributed by atoms with Gasteiger partial charge in [-0.2, -0.15) is 0 Å². The van der Waals surface area contributed by atoms with Crippen molar-refractivity contribution in [1.29, 1.82) is 0 Å². The van der Waals surface area contributed by atoms with Gasteiger partial charge in [0, 0.05) is 60.6 Å². The summed E-state index contributed by atoms with van der Waals surface area (Å²) in [5, 5.41) is 26.8. The fraction of sp³-hybridized carbons (Fsp3) is 0.480. The number of fused-ring (bicyclic) bond motifs is 2. The summed E-state index contributed by atoms with van der Waals surface area (Å²) in [4.78, 5) is 37.9. The van der Waals surface area contributed by atoms with Crippen molar-refractivity contribution in [1.82, 2.24) is 19.6 Å². The fourth-order valence-electron chi connectivity index (χ4n) is 11.5. The summed E-state index contributed by atoms with van der Waals surface area (Å²) in [5.41, 5.74) is 3.30. The average Bonchev–Trinajstić information content (AvgIpc) is 3.97. The van der Waals surface area contributed by atoms with Crippen LogP contribution in [0.2, 0.25) is 5.15 Å². The Morgan fingerprint density at radius 1 is 1.01 bits per heavy atom. The van der Waals surface area contributed by atoms with Crippen LogP contribution >= 0.6 is 11.6 Å². The zero-order chi connectivity index (χ0) is 46.8. The molecule has 4 fully saturated rings. The standard InChI is InChI=1S/C50H58ClN7O8S/c1-30(2)36-7-4-5-8-37(36)40-9-6-20-57(40)34-27-50(28-34)17-21-56(22-18-50)33-10-11-38(42(24-33)66-44-23-32-14-19-52-47(32)54-46(44)51)48(59)55-67(63,64)35-25-41(58(61)62)45-43(26-35)65-29-39(53-45)31-12-15-49(3,60)16-13-31/h4-5,7-8,10-11,14,19,23-26,30-31,34,39-40,53,60H,6,9,12-13,15-18,20-22,27-29H2,1-3H3,(H,52,54)(H,55,59)/t31-,39-,40-,49-/m1/s1. The van der Waals surface area contributed by atoms with Crippen molar-refractivity contribution in [3.8, 4) is 17.2 Å². The highest BCUT2D eigenvalue weighted by Gasteiger charge is 2.50. The maximum Gasteiger partial charge on any atom is 0.297 e. The second-order valence-corrected chi connectivity index (χ2v) is 22.1. The molecule has 2 aromatic heterocycles. The van der Waals surface area contributed by atoms with E-state index in [9.17, 15) is 28.4 Å². The Bertz CT molecular complexity index is 2830. The molecule has 1 spiro atoms. The van der Waals surface area contributed by atoms with Crippen LogP contribution in [-0.4, -0.2) is 83.1 Å². The van der Waals surface area contributed by atoms with Crippen LogP contribution in [0.15, 0.2) is 77.8 Å². The van der Waals surface area contributed by atoms with Crippen molar-refractivity contribution < 1.29 is 32.7 Å². The number of likely N-dealkylation sites (tertiary alicyclic amines) is 1. The van der Waals surface area contributed by atoms with Gasteiger partial charge in [0.05, 0.1) is 27.0 Å². The number of H-pyrrole nitrogens is 1. The first-order valence-corrected chi connectivity index (χ1v) is 25.5. The number of hydrogen-bond acceptors (Lipinski definition) is 12. The number of hydrogen-bond donors (Lipinski definition) is 4. The van der Waals surface area contributed by atoms with Crippen molar-refractivity contribution in [2.24, 2.45) is 11.3 Å². The number of nitrogens with one attached hydrogen (secondary N) is 3. The number of sulfonamides is 1. The van der Waals surface area contributed by atoms with Gasteiger partial charge < -0.3 is 29.8 Å². The number of carbonyl (C=O) groups is 1. The van der Waals surface area contributed by atoms with Crippen LogP contribution in [-0.2, 0) is 10.0 Å². The summed E-state index contributed by atoms with van der Waals surface area (Å²) < 4.78 is 42.5. The van der Waals surface area contributed by atoms with Crippen molar-refractivity contribution in [2.45, 2.75) is 120 Å². The second-order valence-electron chi connectivity index (χ2n) is 20.1. The normalized spacial score (nSPS) is 24.2. The Hall–Kier alpha value is -5.42. The molecule has 2 saturated carbocycles. The first kappa shape index (κ1) is 45.4. The highest BCUT2D eigenvalue weighted by molar-refractivity contribution is 7.90. The lowest BCUT2D eigenvalue weighted by Gasteiger charge is -2.56. The highest BCUT2D eigenvalue weighted by atomic mass is 35.5. The van der Waals surface area contributed by atoms with E-state index >= 15 is 0 Å². The quantitative estimate of drug-likeness (QED) is 0.0558. The molecule has 15 nitrogen and oxygen atoms in total. The topological polar surface area (TPSA) is 192 Å². The number of nitro benzene ring substituents is 1. The Morgan fingerprint density at radius 2 is 1.78 bits per heavy atom. The van der Waals surface area contributed by atoms with Crippen molar-refractivity contribution in [2.75, 3.05) is 36.5 Å². The third kappa shape index (κ3) is 8.93. The van der Waals surface area contributed by atoms with Gasteiger partial charge in [0.25, 0.3) is 21.6 Å². The summed E-state index contributed by atoms with van der Waals surface area (Å²) in [5.74, 6) is -0.197. The second kappa shape index (κ2) is 17.6. The van der Waals surface area contributed by atoms with Gasteiger partial charge in [-0.05, 0) is 130 Å². The van der Waals surface area contributed by atoms with Gasteiger partial charge in [-0.25, -0.2) is 18.1 Å². The lowest BCUT2D eigenvalue weighted by Crippen LogP contribution is -2.54. The van der Waals surface area contributed by atoms with E-state index in [0.29, 0.717) is 49.3 Å². The van der Waals surface area contributed by atoms with Gasteiger partial charge in [-0.1, -0.05) is 49.7 Å². The number of aliphatic hydroxyl groups is 1. The molecule has 1 amide bonds. The molecule has 2 aliphatic carbocycles. The van der Waals surface area contributed by atoms with Gasteiger partial charge in [0.2, 0.25) is 0 Å². The molecule has 354 valence electrons. The SMILES string of the molecule is CC(C)c1ccccc1[C@H]1CCCN1C1CC2(CCN(c3ccc(C(=O)NS(=O)(=O)c4cc5c(c([N+](=O)[O-])c4)N[C@@H]([C@H]4CC[C@](C)(O)CC4)CO5)c(Oc4cc5cc[nH]c5nc4Cl)c3)CC2)C1. The molecule has 5 aromatic rings. The van der Waals surface area contributed by atoms with Crippen LogP contribution in [0.4, 0.5) is 17.1 Å². The number of aromatic amines is 1. The molecule has 2 saturated heterocycles. The van der Waals surface area contributed by atoms with Crippen LogP contribution in [0, 0.1) is 21.4 Å². The molecule has 67 heavy (non-hydrogen) atoms. The molecule has 3 aromatic carbocycles. The summed E-state index contributed by atoms with van der Waals surface area (Å²) in [6, 6.07) is 20.4. The number of nitro groups is 1. The molecule has 5 heterocycles. The predicted molar refractivity (Wildman–Crippen MR) is 257 cm³/mol. The predicted octanol–water partition coefficient (Wildman–Crippen LogP) is 9.86. The van der Waals surface area contributed by atoms with Crippen LogP contribution in [0.25, 0.3) is 11.0 Å². The lowest BCUT2D eigenvalue weighted by molar-refractivity contribution is -0.384. The number of halogens is 1. The monoisotopic (exact) mass is 951 g/mol. The zero-order valence-electron chi connectivity index (χ0n) is 38.1. The van der Waals surface area contributed by atoms with Crippen LogP contribution < -0.4 is 24.4 Å². The van der Waals surface area contributed by atoms with Crippen LogP contribution in [0.3, 0.4) is 0 Å². The number of anilines is 2. The van der Waals surface area contributed by atoms with E-state index in [0.717, 1.165) is 49.6 Å². The molecular formula is C50H58ClN7O8S. The van der Waals surface area contributed by atoms with Crippen molar-refractivity contribution >= 4 is 55.6 Å². The van der Waals surface area contributed by atoms with E-state index < -0.39 is 37.0 Å². The van der Waals surface area contributed by atoms with Gasteiger partial charge in [0.15, 0.2) is 22.3 Å². The summed E-state index contributed by atoms with van der Waals surface area (Å²) in [7, 11) is -4.69. The number of nitrogens with zero attached hydrogens (tertiary/aromatic N) is 4. The number of ether oxygens (including phenoxy) is 2. The molecule has 10 rings (SSSR count). The Labute approximate surface area is 395 Å². The van der Waals surface area contributed by atoms with Gasteiger partial charge in [-0.15, -0.1) is 0 Å². The van der Waals surface area contributed by atoms with E-state index in [2.05, 4.69) is 67.9 Å². The summed E-state index contributed by atoms with van der Waals surface area (Å²) >= 11 is 6.61. The van der Waals surface area contributed by atoms with Crippen molar-refractivity contribution in [3.63, 3.8) is 0 Å². The largest absolute Gasteiger partial charge is 0.489 e. The maximum atomic E-state index is 14.2. The smallest absolute Gasteiger partial charge is 0.297 e. The zero-order valence-corrected chi connectivity index (χ0v) is 39.7. The fourth-order valence-corrected chi connectivity index (χ4v) is 12.7. The Kier molecular flexibility index (Phi) is 11.9. The molecule has 17 heteroatoms. The molecule has 0 bridgehead atoms. The molecule has 3 aliphatic heterocycles. The van der Waals surface area contributed by atoms with E-state index in [4.69, 9.17) is 21.1 Å². The van der Waals surface area contributed by atoms with E-state index in [1.165, 1.54) is 48.9 Å². The van der Waals surface area contributed by atoms with Crippen LogP contribution in [0.5, 0.6) is 17.2 Å².